The first-order chi connectivity index (χ1) is 29.8. The normalized spacial score (nSPS) is 14.4. The van der Waals surface area contributed by atoms with E-state index in [1.54, 1.807) is 0 Å². The van der Waals surface area contributed by atoms with E-state index in [9.17, 15) is 0 Å². The summed E-state index contributed by atoms with van der Waals surface area (Å²) < 4.78 is 2.21. The van der Waals surface area contributed by atoms with Crippen molar-refractivity contribution in [1.82, 2.24) is 24.5 Å². The molecule has 5 heteroatoms. The lowest BCUT2D eigenvalue weighted by Crippen LogP contribution is -2.29. The van der Waals surface area contributed by atoms with Gasteiger partial charge in [-0.3, -0.25) is 9.55 Å². The molecule has 0 radical (unpaired) electrons. The van der Waals surface area contributed by atoms with Crippen molar-refractivity contribution in [3.63, 3.8) is 0 Å². The highest BCUT2D eigenvalue weighted by Gasteiger charge is 2.47. The number of hydrogen-bond donors (Lipinski definition) is 0. The Morgan fingerprint density at radius 3 is 1.77 bits per heavy atom. The van der Waals surface area contributed by atoms with Crippen LogP contribution in [0.5, 0.6) is 0 Å². The van der Waals surface area contributed by atoms with Gasteiger partial charge in [0.15, 0.2) is 11.6 Å². The topological polar surface area (TPSA) is 56.5 Å². The van der Waals surface area contributed by atoms with E-state index >= 15 is 0 Å². The molecule has 60 heavy (non-hydrogen) atoms. The van der Waals surface area contributed by atoms with E-state index in [0.717, 1.165) is 49.8 Å². The predicted molar refractivity (Wildman–Crippen MR) is 243 cm³/mol. The van der Waals surface area contributed by atoms with Crippen LogP contribution >= 0.6 is 0 Å². The van der Waals surface area contributed by atoms with Gasteiger partial charge < -0.3 is 0 Å². The van der Waals surface area contributed by atoms with Crippen molar-refractivity contribution >= 4 is 32.6 Å². The summed E-state index contributed by atoms with van der Waals surface area (Å²) in [5.41, 5.74) is 12.8. The molecule has 12 rings (SSSR count). The number of pyridine rings is 1. The summed E-state index contributed by atoms with van der Waals surface area (Å²) in [7, 11) is 0. The lowest BCUT2D eigenvalue weighted by atomic mass is 9.70. The SMILES string of the molecule is c1ccc(-c2nc(-c3ccccc3)nc(-n3c4ccc(-c5ccc6c(c5)-c5ccccc5C6(c5ccccc5)c5ccccn5)cc4c4c5ccccc5ccc43)n2)cc1. The molecule has 0 saturated carbocycles. The van der Waals surface area contributed by atoms with Gasteiger partial charge in [-0.1, -0.05) is 170 Å². The minimum Gasteiger partial charge on any atom is -0.278 e. The zero-order valence-electron chi connectivity index (χ0n) is 32.4. The second kappa shape index (κ2) is 13.5. The van der Waals surface area contributed by atoms with Crippen LogP contribution in [0.15, 0.2) is 212 Å². The van der Waals surface area contributed by atoms with Gasteiger partial charge in [0, 0.05) is 28.1 Å². The summed E-state index contributed by atoms with van der Waals surface area (Å²) in [4.78, 5) is 20.4. The van der Waals surface area contributed by atoms with Crippen LogP contribution in [-0.4, -0.2) is 24.5 Å². The summed E-state index contributed by atoms with van der Waals surface area (Å²) in [5.74, 6) is 1.83. The van der Waals surface area contributed by atoms with Gasteiger partial charge in [0.25, 0.3) is 0 Å². The molecule has 8 aromatic carbocycles. The Morgan fingerprint density at radius 2 is 1.02 bits per heavy atom. The van der Waals surface area contributed by atoms with Crippen molar-refractivity contribution in [2.24, 2.45) is 0 Å². The zero-order chi connectivity index (χ0) is 39.6. The standard InChI is InChI=1S/C55H35N5/c1-4-17-37(18-5-1)52-57-53(38-19-6-2-7-20-38)59-54(58-52)60-48-31-29-40(35-45(48)51-42-23-11-10-16-36(42)28-32-49(51)60)39-27-30-47-44(34-39)43-24-12-13-25-46(43)55(47,41-21-8-3-9-22-41)50-26-14-15-33-56-50/h1-35H. The fourth-order valence-corrected chi connectivity index (χ4v) is 9.55. The number of benzene rings is 8. The van der Waals surface area contributed by atoms with E-state index in [1.165, 1.54) is 38.6 Å². The molecular formula is C55H35N5. The maximum atomic E-state index is 5.19. The third-order valence-corrected chi connectivity index (χ3v) is 12.2. The van der Waals surface area contributed by atoms with E-state index in [2.05, 4.69) is 168 Å². The Kier molecular flexibility index (Phi) is 7.69. The molecule has 0 fully saturated rings. The van der Waals surface area contributed by atoms with Crippen molar-refractivity contribution in [3.8, 4) is 51.0 Å². The van der Waals surface area contributed by atoms with Crippen molar-refractivity contribution in [3.05, 3.63) is 235 Å². The van der Waals surface area contributed by atoms with Gasteiger partial charge in [-0.2, -0.15) is 9.97 Å². The lowest BCUT2D eigenvalue weighted by molar-refractivity contribution is 0.735. The van der Waals surface area contributed by atoms with Gasteiger partial charge in [0.1, 0.15) is 0 Å². The van der Waals surface area contributed by atoms with Gasteiger partial charge in [0.2, 0.25) is 5.95 Å². The summed E-state index contributed by atoms with van der Waals surface area (Å²) in [5, 5.41) is 4.66. The van der Waals surface area contributed by atoms with Crippen LogP contribution in [0.25, 0.3) is 83.6 Å². The van der Waals surface area contributed by atoms with E-state index in [4.69, 9.17) is 19.9 Å². The van der Waals surface area contributed by atoms with Gasteiger partial charge in [-0.15, -0.1) is 0 Å². The molecule has 0 amide bonds. The van der Waals surface area contributed by atoms with E-state index in [1.807, 2.05) is 48.7 Å². The van der Waals surface area contributed by atoms with Crippen LogP contribution in [0, 0.1) is 0 Å². The molecule has 11 aromatic rings. The molecule has 0 N–H and O–H groups in total. The minimum atomic E-state index is -0.551. The van der Waals surface area contributed by atoms with E-state index in [-0.39, 0.29) is 0 Å². The quantitative estimate of drug-likeness (QED) is 0.169. The molecule has 5 nitrogen and oxygen atoms in total. The van der Waals surface area contributed by atoms with Crippen LogP contribution < -0.4 is 0 Å². The Hall–Kier alpha value is -8.02. The van der Waals surface area contributed by atoms with Gasteiger partial charge in [-0.05, 0) is 86.1 Å². The van der Waals surface area contributed by atoms with Gasteiger partial charge in [-0.25, -0.2) is 4.98 Å². The Bertz CT molecular complexity index is 3320. The first-order valence-corrected chi connectivity index (χ1v) is 20.3. The first kappa shape index (κ1) is 34.1. The van der Waals surface area contributed by atoms with Crippen molar-refractivity contribution in [2.45, 2.75) is 5.41 Å². The minimum absolute atomic E-state index is 0.551. The monoisotopic (exact) mass is 765 g/mol. The van der Waals surface area contributed by atoms with E-state index < -0.39 is 5.41 Å². The third kappa shape index (κ3) is 5.12. The van der Waals surface area contributed by atoms with Crippen LogP contribution in [0.2, 0.25) is 0 Å². The van der Waals surface area contributed by atoms with Crippen LogP contribution in [0.4, 0.5) is 0 Å². The van der Waals surface area contributed by atoms with Gasteiger partial charge >= 0.3 is 0 Å². The molecule has 0 spiro atoms. The molecule has 280 valence electrons. The van der Waals surface area contributed by atoms with Crippen LogP contribution in [0.3, 0.4) is 0 Å². The maximum absolute atomic E-state index is 5.19. The second-order valence-corrected chi connectivity index (χ2v) is 15.4. The molecule has 1 aliphatic carbocycles. The number of aromatic nitrogens is 5. The lowest BCUT2D eigenvalue weighted by Gasteiger charge is -2.32. The highest BCUT2D eigenvalue weighted by molar-refractivity contribution is 6.21. The smallest absolute Gasteiger partial charge is 0.238 e. The molecule has 1 aliphatic rings. The van der Waals surface area contributed by atoms with Crippen molar-refractivity contribution < 1.29 is 0 Å². The highest BCUT2D eigenvalue weighted by atomic mass is 15.2. The van der Waals surface area contributed by atoms with Crippen molar-refractivity contribution in [1.29, 1.82) is 0 Å². The number of nitrogens with zero attached hydrogens (tertiary/aromatic N) is 5. The van der Waals surface area contributed by atoms with Crippen molar-refractivity contribution in [2.75, 3.05) is 0 Å². The average Bonchev–Trinajstić information content (AvgIpc) is 3.83. The molecule has 1 atom stereocenters. The first-order valence-electron chi connectivity index (χ1n) is 20.3. The fraction of sp³-hybridized carbons (Fsp3) is 0.0182. The molecule has 0 bridgehead atoms. The highest BCUT2D eigenvalue weighted by Crippen LogP contribution is 2.56. The Morgan fingerprint density at radius 1 is 0.400 bits per heavy atom. The molecule has 3 heterocycles. The maximum Gasteiger partial charge on any atom is 0.238 e. The second-order valence-electron chi connectivity index (χ2n) is 15.4. The fourth-order valence-electron chi connectivity index (χ4n) is 9.55. The summed E-state index contributed by atoms with van der Waals surface area (Å²) >= 11 is 0. The molecule has 1 unspecified atom stereocenters. The van der Waals surface area contributed by atoms with Crippen LogP contribution in [0.1, 0.15) is 22.4 Å². The summed E-state index contributed by atoms with van der Waals surface area (Å²) in [6.45, 7) is 0. The summed E-state index contributed by atoms with van der Waals surface area (Å²) in [6.07, 6.45) is 1.91. The summed E-state index contributed by atoms with van der Waals surface area (Å²) in [6, 6.07) is 73.1. The molecule has 3 aromatic heterocycles. The zero-order valence-corrected chi connectivity index (χ0v) is 32.4. The van der Waals surface area contributed by atoms with Gasteiger partial charge in [0.05, 0.1) is 22.1 Å². The number of hydrogen-bond acceptors (Lipinski definition) is 4. The molecular weight excluding hydrogens is 731 g/mol. The third-order valence-electron chi connectivity index (χ3n) is 12.2. The molecule has 0 aliphatic heterocycles. The average molecular weight is 766 g/mol. The number of fused-ring (bicyclic) bond motifs is 8. The van der Waals surface area contributed by atoms with Crippen LogP contribution in [-0.2, 0) is 5.41 Å². The Balaban J connectivity index is 1.10. The molecule has 0 saturated heterocycles. The van der Waals surface area contributed by atoms with E-state index in [0.29, 0.717) is 17.6 Å². The Labute approximate surface area is 347 Å². The predicted octanol–water partition coefficient (Wildman–Crippen LogP) is 12.9. The largest absolute Gasteiger partial charge is 0.278 e. The number of rotatable bonds is 6.